The summed E-state index contributed by atoms with van der Waals surface area (Å²) in [6.45, 7) is 13.4. The SMILES string of the molecule is C=CC/C(=C\C=C(/C)OCC(COC(C)=O)OC(C)=O)C(C)(C)c1cc(Cl)c(OCC(CCl)OC(C)=O)c(Cl)c1. The molecule has 0 aliphatic carbocycles. The van der Waals surface area contributed by atoms with Gasteiger partial charge >= 0.3 is 17.9 Å². The Hall–Kier alpha value is -2.68. The van der Waals surface area contributed by atoms with E-state index in [4.69, 9.17) is 58.5 Å². The predicted octanol–water partition coefficient (Wildman–Crippen LogP) is 6.74. The van der Waals surface area contributed by atoms with Crippen LogP contribution in [0.2, 0.25) is 10.0 Å². The van der Waals surface area contributed by atoms with E-state index in [1.54, 1.807) is 31.2 Å². The first-order valence-corrected chi connectivity index (χ1v) is 13.8. The van der Waals surface area contributed by atoms with Gasteiger partial charge in [-0.3, -0.25) is 14.4 Å². The number of benzene rings is 1. The van der Waals surface area contributed by atoms with Gasteiger partial charge in [0.1, 0.15) is 25.9 Å². The molecule has 0 saturated heterocycles. The minimum Gasteiger partial charge on any atom is -0.494 e. The van der Waals surface area contributed by atoms with Crippen LogP contribution in [0.3, 0.4) is 0 Å². The molecular formula is C29H37Cl3O8. The molecule has 0 aliphatic rings. The molecule has 11 heteroatoms. The van der Waals surface area contributed by atoms with Gasteiger partial charge in [0, 0.05) is 26.2 Å². The average Bonchev–Trinajstić information content (AvgIpc) is 2.85. The van der Waals surface area contributed by atoms with Crippen molar-refractivity contribution in [3.8, 4) is 5.75 Å². The van der Waals surface area contributed by atoms with Crippen LogP contribution < -0.4 is 4.74 Å². The number of rotatable bonds is 16. The molecule has 0 saturated carbocycles. The zero-order valence-electron chi connectivity index (χ0n) is 23.7. The molecule has 222 valence electrons. The second-order valence-corrected chi connectivity index (χ2v) is 10.5. The molecule has 8 nitrogen and oxygen atoms in total. The molecule has 2 atom stereocenters. The maximum absolute atomic E-state index is 11.4. The van der Waals surface area contributed by atoms with E-state index < -0.39 is 35.5 Å². The van der Waals surface area contributed by atoms with Crippen LogP contribution in [-0.4, -0.2) is 55.8 Å². The maximum atomic E-state index is 11.4. The molecule has 0 fully saturated rings. The normalized spacial score (nSPS) is 13.6. The van der Waals surface area contributed by atoms with Crippen molar-refractivity contribution < 1.29 is 38.1 Å². The molecule has 0 aliphatic heterocycles. The van der Waals surface area contributed by atoms with Crippen molar-refractivity contribution in [3.05, 3.63) is 63.9 Å². The molecular weight excluding hydrogens is 583 g/mol. The molecule has 0 aromatic heterocycles. The van der Waals surface area contributed by atoms with E-state index in [2.05, 4.69) is 6.58 Å². The number of esters is 3. The van der Waals surface area contributed by atoms with Gasteiger partial charge in [0.25, 0.3) is 0 Å². The Kier molecular flexibility index (Phi) is 15.2. The van der Waals surface area contributed by atoms with Gasteiger partial charge in [-0.25, -0.2) is 0 Å². The lowest BCUT2D eigenvalue weighted by atomic mass is 9.76. The zero-order valence-corrected chi connectivity index (χ0v) is 26.0. The van der Waals surface area contributed by atoms with E-state index in [1.165, 1.54) is 20.8 Å². The lowest BCUT2D eigenvalue weighted by Gasteiger charge is -2.29. The van der Waals surface area contributed by atoms with Crippen LogP contribution in [0.15, 0.2) is 48.3 Å². The fourth-order valence-electron chi connectivity index (χ4n) is 3.50. The molecule has 0 heterocycles. The first-order valence-electron chi connectivity index (χ1n) is 12.5. The van der Waals surface area contributed by atoms with Crippen LogP contribution in [0.1, 0.15) is 53.5 Å². The van der Waals surface area contributed by atoms with Crippen molar-refractivity contribution in [3.63, 3.8) is 0 Å². The number of hydrogen-bond donors (Lipinski definition) is 0. The smallest absolute Gasteiger partial charge is 0.303 e. The minimum absolute atomic E-state index is 0.00383. The summed E-state index contributed by atoms with van der Waals surface area (Å²) in [7, 11) is 0. The molecule has 2 unspecified atom stereocenters. The van der Waals surface area contributed by atoms with Gasteiger partial charge in [-0.05, 0) is 37.1 Å². The number of carbonyl (C=O) groups excluding carboxylic acids is 3. The largest absolute Gasteiger partial charge is 0.494 e. The van der Waals surface area contributed by atoms with E-state index in [0.29, 0.717) is 22.2 Å². The lowest BCUT2D eigenvalue weighted by molar-refractivity contribution is -0.159. The van der Waals surface area contributed by atoms with Gasteiger partial charge in [0.15, 0.2) is 11.9 Å². The van der Waals surface area contributed by atoms with E-state index in [9.17, 15) is 14.4 Å². The lowest BCUT2D eigenvalue weighted by Crippen LogP contribution is -2.28. The monoisotopic (exact) mass is 618 g/mol. The van der Waals surface area contributed by atoms with Crippen LogP contribution in [0, 0.1) is 0 Å². The van der Waals surface area contributed by atoms with Crippen molar-refractivity contribution in [2.45, 2.75) is 65.6 Å². The topological polar surface area (TPSA) is 97.4 Å². The predicted molar refractivity (Wildman–Crippen MR) is 156 cm³/mol. The third-order valence-corrected chi connectivity index (χ3v) is 6.53. The second-order valence-electron chi connectivity index (χ2n) is 9.40. The number of carbonyl (C=O) groups is 3. The molecule has 0 radical (unpaired) electrons. The highest BCUT2D eigenvalue weighted by atomic mass is 35.5. The Morgan fingerprint density at radius 2 is 1.43 bits per heavy atom. The van der Waals surface area contributed by atoms with Crippen molar-refractivity contribution >= 4 is 52.7 Å². The maximum Gasteiger partial charge on any atom is 0.303 e. The van der Waals surface area contributed by atoms with Gasteiger partial charge in [0.2, 0.25) is 0 Å². The number of allylic oxidation sites excluding steroid dienone is 5. The van der Waals surface area contributed by atoms with Crippen LogP contribution in [0.4, 0.5) is 0 Å². The highest BCUT2D eigenvalue weighted by Gasteiger charge is 2.27. The van der Waals surface area contributed by atoms with Crippen LogP contribution in [0.25, 0.3) is 0 Å². The molecule has 0 bridgehead atoms. The highest BCUT2D eigenvalue weighted by Crippen LogP contribution is 2.41. The van der Waals surface area contributed by atoms with Crippen LogP contribution in [0.5, 0.6) is 5.75 Å². The Labute approximate surface area is 251 Å². The minimum atomic E-state index is -0.739. The van der Waals surface area contributed by atoms with E-state index in [0.717, 1.165) is 11.1 Å². The standard InChI is InChI=1S/C29H37Cl3O8/c1-8-9-22(11-10-18(2)36-16-25(40-21(5)35)17-37-19(3)33)29(6,7)23-12-26(31)28(27(32)13-23)38-15-24(14-30)39-20(4)34/h8,10-13,24-25H,1,9,14-17H2,2-7H3/b18-10+,22-11+. The van der Waals surface area contributed by atoms with Gasteiger partial charge in [-0.15, -0.1) is 18.2 Å². The van der Waals surface area contributed by atoms with Gasteiger partial charge in [0.05, 0.1) is 21.7 Å². The van der Waals surface area contributed by atoms with Crippen molar-refractivity contribution in [2.24, 2.45) is 0 Å². The Morgan fingerprint density at radius 1 is 0.875 bits per heavy atom. The number of halogens is 3. The Bertz CT molecular complexity index is 1090. The molecule has 1 aromatic carbocycles. The van der Waals surface area contributed by atoms with E-state index in [1.807, 2.05) is 19.9 Å². The molecule has 0 amide bonds. The van der Waals surface area contributed by atoms with E-state index in [-0.39, 0.29) is 31.5 Å². The average molecular weight is 620 g/mol. The number of ether oxygens (including phenoxy) is 5. The summed E-state index contributed by atoms with van der Waals surface area (Å²) < 4.78 is 26.7. The summed E-state index contributed by atoms with van der Waals surface area (Å²) in [4.78, 5) is 33.7. The fraction of sp³-hybridized carbons (Fsp3) is 0.483. The third-order valence-electron chi connectivity index (χ3n) is 5.63. The molecule has 0 N–H and O–H groups in total. The van der Waals surface area contributed by atoms with E-state index >= 15 is 0 Å². The fourth-order valence-corrected chi connectivity index (χ4v) is 4.25. The molecule has 1 aromatic rings. The molecule has 0 spiro atoms. The number of alkyl halides is 1. The van der Waals surface area contributed by atoms with Gasteiger partial charge in [-0.1, -0.05) is 54.8 Å². The first-order chi connectivity index (χ1) is 18.7. The first kappa shape index (κ1) is 35.3. The zero-order chi connectivity index (χ0) is 30.5. The Balaban J connectivity index is 3.13. The van der Waals surface area contributed by atoms with Gasteiger partial charge in [-0.2, -0.15) is 0 Å². The summed E-state index contributed by atoms with van der Waals surface area (Å²) >= 11 is 18.9. The summed E-state index contributed by atoms with van der Waals surface area (Å²) in [6.07, 6.45) is 4.67. The molecule has 40 heavy (non-hydrogen) atoms. The van der Waals surface area contributed by atoms with Crippen molar-refractivity contribution in [1.29, 1.82) is 0 Å². The second kappa shape index (κ2) is 17.2. The quantitative estimate of drug-likeness (QED) is 0.0501. The van der Waals surface area contributed by atoms with Crippen molar-refractivity contribution in [2.75, 3.05) is 25.7 Å². The number of hydrogen-bond acceptors (Lipinski definition) is 8. The summed E-state index contributed by atoms with van der Waals surface area (Å²) in [5.41, 5.74) is 1.29. The molecule has 1 rings (SSSR count). The van der Waals surface area contributed by atoms with Gasteiger partial charge < -0.3 is 23.7 Å². The summed E-state index contributed by atoms with van der Waals surface area (Å²) in [5, 5.41) is 0.591. The van der Waals surface area contributed by atoms with Crippen LogP contribution in [-0.2, 0) is 38.7 Å². The highest BCUT2D eigenvalue weighted by molar-refractivity contribution is 6.37. The summed E-state index contributed by atoms with van der Waals surface area (Å²) in [5.74, 6) is -0.577. The van der Waals surface area contributed by atoms with Crippen molar-refractivity contribution in [1.82, 2.24) is 0 Å². The van der Waals surface area contributed by atoms with Crippen LogP contribution >= 0.6 is 34.8 Å². The Morgan fingerprint density at radius 3 is 1.93 bits per heavy atom. The summed E-state index contributed by atoms with van der Waals surface area (Å²) in [6, 6.07) is 3.54. The third kappa shape index (κ3) is 12.2.